The molecular formula is C20H32FN7O4. The van der Waals surface area contributed by atoms with Crippen molar-refractivity contribution in [2.45, 2.75) is 52.0 Å². The van der Waals surface area contributed by atoms with Crippen LogP contribution in [0, 0.1) is 24.6 Å². The van der Waals surface area contributed by atoms with Crippen LogP contribution in [0.5, 0.6) is 0 Å². The van der Waals surface area contributed by atoms with Gasteiger partial charge in [-0.3, -0.25) is 30.4 Å². The van der Waals surface area contributed by atoms with Gasteiger partial charge in [-0.2, -0.15) is 4.39 Å². The summed E-state index contributed by atoms with van der Waals surface area (Å²) in [5, 5.41) is 12.6. The van der Waals surface area contributed by atoms with E-state index in [4.69, 9.17) is 2.74 Å². The van der Waals surface area contributed by atoms with E-state index < -0.39 is 43.6 Å². The Morgan fingerprint density at radius 2 is 1.97 bits per heavy atom. The lowest BCUT2D eigenvalue weighted by Crippen LogP contribution is -2.41. The van der Waals surface area contributed by atoms with Crippen LogP contribution in [0.3, 0.4) is 0 Å². The van der Waals surface area contributed by atoms with Crippen molar-refractivity contribution in [3.8, 4) is 0 Å². The molecule has 0 aliphatic heterocycles. The maximum Gasteiger partial charge on any atom is 0.244 e. The molecule has 4 N–H and O–H groups in total. The molecule has 178 valence electrons. The number of carbonyl (C=O) groups excluding carboxylic acids is 3. The molecule has 1 aliphatic rings. The van der Waals surface area contributed by atoms with Crippen LogP contribution in [0.1, 0.15) is 47.6 Å². The van der Waals surface area contributed by atoms with E-state index in [0.29, 0.717) is 17.4 Å². The maximum absolute atomic E-state index is 15.0. The Kier molecular flexibility index (Phi) is 8.01. The number of nitrogens with zero attached hydrogens (tertiary/aromatic N) is 4. The standard InChI is InChI=1S/C20H32FN7O4/c1-12(20(31)27(3)4)22-17-16(21)18(24-13(2)23-17)25-26-19(30)15(10-28(32)11-29)9-14-7-5-6-8-14/h11-12,14-15,32H,5-10H2,1-4H3,(H,26,30)(H2,22,23,24,25)/t12-,15+/m0/s1/i3D,4D. The summed E-state index contributed by atoms with van der Waals surface area (Å²) in [4.78, 5) is 44.7. The van der Waals surface area contributed by atoms with Gasteiger partial charge in [-0.1, -0.05) is 25.7 Å². The van der Waals surface area contributed by atoms with Gasteiger partial charge in [-0.15, -0.1) is 0 Å². The summed E-state index contributed by atoms with van der Waals surface area (Å²) < 4.78 is 29.6. The molecule has 1 saturated carbocycles. The SMILES string of the molecule is [2H]CN(C[2H])C(=O)[C@H](C)Nc1nc(C)nc(NNC(=O)[C@H](CC2CCCC2)CN(O)C=O)c1F. The molecule has 0 saturated heterocycles. The van der Waals surface area contributed by atoms with Crippen molar-refractivity contribution in [3.63, 3.8) is 0 Å². The van der Waals surface area contributed by atoms with Gasteiger partial charge in [0.05, 0.1) is 12.5 Å². The van der Waals surface area contributed by atoms with E-state index >= 15 is 0 Å². The van der Waals surface area contributed by atoms with Gasteiger partial charge in [-0.05, 0) is 26.2 Å². The number of rotatable bonds is 11. The summed E-state index contributed by atoms with van der Waals surface area (Å²) in [6, 6.07) is -0.961. The lowest BCUT2D eigenvalue weighted by molar-refractivity contribution is -0.154. The van der Waals surface area contributed by atoms with E-state index in [1.54, 1.807) is 0 Å². The van der Waals surface area contributed by atoms with Crippen molar-refractivity contribution < 1.29 is 26.7 Å². The molecule has 1 aliphatic carbocycles. The second kappa shape index (κ2) is 11.6. The number of anilines is 2. The minimum Gasteiger partial charge on any atom is -0.356 e. The predicted octanol–water partition coefficient (Wildman–Crippen LogP) is 1.30. The smallest absolute Gasteiger partial charge is 0.244 e. The van der Waals surface area contributed by atoms with Crippen molar-refractivity contribution in [1.29, 1.82) is 0 Å². The highest BCUT2D eigenvalue weighted by molar-refractivity contribution is 5.84. The van der Waals surface area contributed by atoms with Crippen LogP contribution in [-0.2, 0) is 14.4 Å². The Bertz CT molecular complexity index is 856. The van der Waals surface area contributed by atoms with Gasteiger partial charge in [0.25, 0.3) is 0 Å². The highest BCUT2D eigenvalue weighted by Gasteiger charge is 2.27. The number of amides is 3. The first-order chi connectivity index (χ1) is 16.2. The molecule has 0 bridgehead atoms. The lowest BCUT2D eigenvalue weighted by atomic mass is 9.92. The largest absolute Gasteiger partial charge is 0.356 e. The molecule has 12 heteroatoms. The van der Waals surface area contributed by atoms with E-state index in [2.05, 4.69) is 26.1 Å². The van der Waals surface area contributed by atoms with Crippen molar-refractivity contribution in [2.24, 2.45) is 11.8 Å². The minimum absolute atomic E-state index is 0.156. The molecule has 0 spiro atoms. The molecule has 1 heterocycles. The average molecular weight is 456 g/mol. The zero-order valence-corrected chi connectivity index (χ0v) is 18.3. The van der Waals surface area contributed by atoms with Crippen LogP contribution in [-0.4, -0.2) is 70.0 Å². The summed E-state index contributed by atoms with van der Waals surface area (Å²) >= 11 is 0. The molecule has 11 nitrogen and oxygen atoms in total. The van der Waals surface area contributed by atoms with Gasteiger partial charge in [0, 0.05) is 16.8 Å². The Hall–Kier alpha value is -3.02. The van der Waals surface area contributed by atoms with Crippen LogP contribution in [0.25, 0.3) is 0 Å². The summed E-state index contributed by atoms with van der Waals surface area (Å²) in [5.74, 6) is -2.93. The fourth-order valence-corrected chi connectivity index (χ4v) is 3.68. The number of hydrogen-bond acceptors (Lipinski definition) is 8. The molecule has 0 aromatic carbocycles. The van der Waals surface area contributed by atoms with Crippen LogP contribution in [0.2, 0.25) is 0 Å². The third-order valence-electron chi connectivity index (χ3n) is 5.29. The summed E-state index contributed by atoms with van der Waals surface area (Å²) in [6.45, 7) is 2.75. The van der Waals surface area contributed by atoms with Crippen molar-refractivity contribution in [3.05, 3.63) is 11.6 Å². The van der Waals surface area contributed by atoms with E-state index in [9.17, 15) is 24.0 Å². The second-order valence-electron chi connectivity index (χ2n) is 7.95. The van der Waals surface area contributed by atoms with E-state index in [0.717, 1.165) is 30.6 Å². The first-order valence-corrected chi connectivity index (χ1v) is 10.3. The van der Waals surface area contributed by atoms with Crippen molar-refractivity contribution in [1.82, 2.24) is 25.4 Å². The summed E-state index contributed by atoms with van der Waals surface area (Å²) in [7, 11) is -0.814. The van der Waals surface area contributed by atoms with E-state index in [1.165, 1.54) is 13.8 Å². The quantitative estimate of drug-likeness (QED) is 0.222. The Morgan fingerprint density at radius 1 is 1.31 bits per heavy atom. The minimum atomic E-state index is -0.961. The van der Waals surface area contributed by atoms with Crippen LogP contribution >= 0.6 is 0 Å². The zero-order valence-electron chi connectivity index (χ0n) is 20.3. The molecule has 32 heavy (non-hydrogen) atoms. The monoisotopic (exact) mass is 455 g/mol. The van der Waals surface area contributed by atoms with Gasteiger partial charge in [-0.25, -0.2) is 15.0 Å². The Balaban J connectivity index is 2.09. The van der Waals surface area contributed by atoms with Crippen LogP contribution in [0.15, 0.2) is 0 Å². The number of aromatic nitrogens is 2. The third-order valence-corrected chi connectivity index (χ3v) is 5.29. The molecule has 1 fully saturated rings. The van der Waals surface area contributed by atoms with Gasteiger partial charge in [0.15, 0.2) is 11.6 Å². The molecule has 1 aromatic rings. The number of hydroxylamine groups is 2. The predicted molar refractivity (Wildman–Crippen MR) is 115 cm³/mol. The van der Waals surface area contributed by atoms with Gasteiger partial charge >= 0.3 is 0 Å². The van der Waals surface area contributed by atoms with Crippen LogP contribution in [0.4, 0.5) is 16.0 Å². The fraction of sp³-hybridized carbons (Fsp3) is 0.650. The highest BCUT2D eigenvalue weighted by Crippen LogP contribution is 2.30. The fourth-order valence-electron chi connectivity index (χ4n) is 3.68. The van der Waals surface area contributed by atoms with Crippen LogP contribution < -0.4 is 16.2 Å². The number of likely N-dealkylation sites (N-methyl/N-ethyl adjacent to an activating group) is 1. The maximum atomic E-state index is 15.0. The second-order valence-corrected chi connectivity index (χ2v) is 7.95. The lowest BCUT2D eigenvalue weighted by Gasteiger charge is -2.23. The number of halogens is 1. The third kappa shape index (κ3) is 7.01. The number of hydrazine groups is 1. The first-order valence-electron chi connectivity index (χ1n) is 11.8. The number of nitrogens with one attached hydrogen (secondary N) is 3. The topological polar surface area (TPSA) is 140 Å². The zero-order chi connectivity index (χ0) is 25.3. The number of hydrogen-bond donors (Lipinski definition) is 4. The van der Waals surface area contributed by atoms with E-state index in [1.807, 2.05) is 0 Å². The summed E-state index contributed by atoms with van der Waals surface area (Å²) in [5.41, 5.74) is 4.81. The molecule has 2 rings (SSSR count). The number of aryl methyl sites for hydroxylation is 1. The first kappa shape index (κ1) is 22.2. The van der Waals surface area contributed by atoms with Gasteiger partial charge in [0.1, 0.15) is 11.9 Å². The molecule has 0 unspecified atom stereocenters. The van der Waals surface area contributed by atoms with E-state index in [-0.39, 0.29) is 30.4 Å². The van der Waals surface area contributed by atoms with Gasteiger partial charge in [0.2, 0.25) is 24.0 Å². The van der Waals surface area contributed by atoms with Crippen molar-refractivity contribution in [2.75, 3.05) is 31.3 Å². The normalized spacial score (nSPS) is 16.4. The number of carbonyl (C=O) groups is 3. The average Bonchev–Trinajstić information content (AvgIpc) is 3.33. The van der Waals surface area contributed by atoms with Gasteiger partial charge < -0.3 is 10.2 Å². The summed E-state index contributed by atoms with van der Waals surface area (Å²) in [6.07, 6.45) is 4.76. The molecular weight excluding hydrogens is 421 g/mol. The molecule has 0 radical (unpaired) electrons. The van der Waals surface area contributed by atoms with Crippen molar-refractivity contribution >= 4 is 29.9 Å². The Morgan fingerprint density at radius 3 is 2.59 bits per heavy atom. The molecule has 3 amide bonds. The Labute approximate surface area is 189 Å². The highest BCUT2D eigenvalue weighted by atomic mass is 19.1. The molecule has 1 aromatic heterocycles. The molecule has 2 atom stereocenters.